The van der Waals surface area contributed by atoms with E-state index in [0.717, 1.165) is 12.4 Å². The van der Waals surface area contributed by atoms with Gasteiger partial charge in [0.1, 0.15) is 0 Å². The highest BCUT2D eigenvalue weighted by molar-refractivity contribution is 14.0. The lowest BCUT2D eigenvalue weighted by atomic mass is 9.64. The highest BCUT2D eigenvalue weighted by atomic mass is 127. The summed E-state index contributed by atoms with van der Waals surface area (Å²) in [6.07, 6.45) is 1.97. The Labute approximate surface area is 148 Å². The van der Waals surface area contributed by atoms with Crippen molar-refractivity contribution in [3.05, 3.63) is 11.7 Å². The number of nitrogens with one attached hydrogen (secondary N) is 2. The van der Waals surface area contributed by atoms with Gasteiger partial charge in [-0.05, 0) is 13.3 Å². The van der Waals surface area contributed by atoms with E-state index >= 15 is 0 Å². The van der Waals surface area contributed by atoms with Gasteiger partial charge in [-0.2, -0.15) is 4.98 Å². The van der Waals surface area contributed by atoms with Crippen molar-refractivity contribution in [2.45, 2.75) is 45.8 Å². The lowest BCUT2D eigenvalue weighted by molar-refractivity contribution is -0.0922. The van der Waals surface area contributed by atoms with Crippen LogP contribution in [0.25, 0.3) is 0 Å². The van der Waals surface area contributed by atoms with E-state index < -0.39 is 0 Å². The van der Waals surface area contributed by atoms with Gasteiger partial charge in [0.25, 0.3) is 0 Å². The first-order valence-corrected chi connectivity index (χ1v) is 7.26. The summed E-state index contributed by atoms with van der Waals surface area (Å²) >= 11 is 0. The maximum atomic E-state index is 5.46. The summed E-state index contributed by atoms with van der Waals surface area (Å²) in [4.78, 5) is 8.42. The van der Waals surface area contributed by atoms with Gasteiger partial charge < -0.3 is 19.9 Å². The van der Waals surface area contributed by atoms with Crippen molar-refractivity contribution in [3.63, 3.8) is 0 Å². The Morgan fingerprint density at radius 2 is 2.23 bits per heavy atom. The lowest BCUT2D eigenvalue weighted by Gasteiger charge is -2.51. The van der Waals surface area contributed by atoms with E-state index in [1.54, 1.807) is 14.2 Å². The van der Waals surface area contributed by atoms with Crippen LogP contribution in [0.1, 0.15) is 32.0 Å². The summed E-state index contributed by atoms with van der Waals surface area (Å²) in [5, 5.41) is 10.5. The third kappa shape index (κ3) is 4.31. The molecule has 7 nitrogen and oxygen atoms in total. The summed E-state index contributed by atoms with van der Waals surface area (Å²) in [6.45, 7) is 6.92. The van der Waals surface area contributed by atoms with E-state index in [4.69, 9.17) is 9.26 Å². The molecule has 126 valence electrons. The molecule has 1 aliphatic rings. The maximum Gasteiger partial charge on any atom is 0.228 e. The molecule has 22 heavy (non-hydrogen) atoms. The van der Waals surface area contributed by atoms with Crippen LogP contribution in [0.5, 0.6) is 0 Å². The largest absolute Gasteiger partial charge is 0.381 e. The SMILES string of the molecule is CN=C(NCCc1nc(C)no1)NC1CC(OC)C1(C)C.I. The molecule has 1 aromatic heterocycles. The molecule has 1 aromatic rings. The zero-order valence-corrected chi connectivity index (χ0v) is 16.2. The Kier molecular flexibility index (Phi) is 7.04. The Morgan fingerprint density at radius 3 is 2.73 bits per heavy atom. The number of methoxy groups -OCH3 is 1. The number of guanidine groups is 1. The zero-order chi connectivity index (χ0) is 15.5. The highest BCUT2D eigenvalue weighted by Gasteiger charge is 2.48. The number of ether oxygens (including phenoxy) is 1. The van der Waals surface area contributed by atoms with Gasteiger partial charge in [0.05, 0.1) is 6.10 Å². The minimum atomic E-state index is 0. The molecule has 2 atom stereocenters. The van der Waals surface area contributed by atoms with Gasteiger partial charge in [0.15, 0.2) is 11.8 Å². The molecular weight excluding hydrogens is 397 g/mol. The van der Waals surface area contributed by atoms with Crippen molar-refractivity contribution in [1.82, 2.24) is 20.8 Å². The molecule has 0 aliphatic heterocycles. The zero-order valence-electron chi connectivity index (χ0n) is 13.8. The monoisotopic (exact) mass is 423 g/mol. The van der Waals surface area contributed by atoms with E-state index in [1.807, 2.05) is 6.92 Å². The molecule has 2 N–H and O–H groups in total. The summed E-state index contributed by atoms with van der Waals surface area (Å²) in [6, 6.07) is 0.360. The molecule has 2 unspecified atom stereocenters. The third-order valence-corrected chi connectivity index (χ3v) is 4.20. The molecular formula is C14H26IN5O2. The van der Waals surface area contributed by atoms with Gasteiger partial charge in [-0.25, -0.2) is 0 Å². The summed E-state index contributed by atoms with van der Waals surface area (Å²) in [5.41, 5.74) is 0.107. The van der Waals surface area contributed by atoms with Gasteiger partial charge in [-0.3, -0.25) is 4.99 Å². The molecule has 1 aliphatic carbocycles. The number of aromatic nitrogens is 2. The molecule has 0 saturated heterocycles. The fraction of sp³-hybridized carbons (Fsp3) is 0.786. The standard InChI is InChI=1S/C14H25N5O2.HI/c1-9-17-12(21-19-9)6-7-16-13(15-4)18-10-8-11(20-5)14(10,2)3;/h10-11H,6-8H2,1-5H3,(H2,15,16,18);1H. The van der Waals surface area contributed by atoms with Crippen LogP contribution in [0.15, 0.2) is 9.52 Å². The molecule has 0 aromatic carbocycles. The van der Waals surface area contributed by atoms with Crippen LogP contribution < -0.4 is 10.6 Å². The Morgan fingerprint density at radius 1 is 1.50 bits per heavy atom. The second-order valence-electron chi connectivity index (χ2n) is 5.96. The highest BCUT2D eigenvalue weighted by Crippen LogP contribution is 2.42. The van der Waals surface area contributed by atoms with Crippen LogP contribution in [-0.4, -0.2) is 48.9 Å². The average Bonchev–Trinajstić information content (AvgIpc) is 2.86. The molecule has 1 saturated carbocycles. The van der Waals surface area contributed by atoms with Crippen LogP contribution in [0.3, 0.4) is 0 Å². The summed E-state index contributed by atoms with van der Waals surface area (Å²) in [5.74, 6) is 2.09. The Bertz CT molecular complexity index is 503. The first-order valence-electron chi connectivity index (χ1n) is 7.26. The predicted octanol–water partition coefficient (Wildman–Crippen LogP) is 1.52. The van der Waals surface area contributed by atoms with Gasteiger partial charge >= 0.3 is 0 Å². The van der Waals surface area contributed by atoms with Crippen LogP contribution in [0.2, 0.25) is 0 Å². The Balaban J connectivity index is 0.00000242. The van der Waals surface area contributed by atoms with Crippen molar-refractivity contribution >= 4 is 29.9 Å². The minimum Gasteiger partial charge on any atom is -0.381 e. The second kappa shape index (κ2) is 8.09. The van der Waals surface area contributed by atoms with Gasteiger partial charge in [-0.15, -0.1) is 24.0 Å². The van der Waals surface area contributed by atoms with Crippen molar-refractivity contribution in [3.8, 4) is 0 Å². The number of hydrogen-bond donors (Lipinski definition) is 2. The van der Waals surface area contributed by atoms with Crippen molar-refractivity contribution in [2.24, 2.45) is 10.4 Å². The molecule has 1 fully saturated rings. The molecule has 0 spiro atoms. The minimum absolute atomic E-state index is 0. The van der Waals surface area contributed by atoms with Crippen LogP contribution in [0.4, 0.5) is 0 Å². The van der Waals surface area contributed by atoms with E-state index in [1.165, 1.54) is 0 Å². The molecule has 8 heteroatoms. The number of nitrogens with zero attached hydrogens (tertiary/aromatic N) is 3. The topological polar surface area (TPSA) is 84.6 Å². The first kappa shape index (κ1) is 19.1. The third-order valence-electron chi connectivity index (χ3n) is 4.20. The van der Waals surface area contributed by atoms with Crippen LogP contribution in [0, 0.1) is 12.3 Å². The van der Waals surface area contributed by atoms with E-state index in [0.29, 0.717) is 36.8 Å². The van der Waals surface area contributed by atoms with Crippen molar-refractivity contribution in [2.75, 3.05) is 20.7 Å². The smallest absolute Gasteiger partial charge is 0.228 e. The van der Waals surface area contributed by atoms with Crippen molar-refractivity contribution in [1.29, 1.82) is 0 Å². The predicted molar refractivity (Wildman–Crippen MR) is 95.6 cm³/mol. The normalized spacial score (nSPS) is 23.4. The molecule has 0 amide bonds. The van der Waals surface area contributed by atoms with E-state index in [-0.39, 0.29) is 29.4 Å². The number of aryl methyl sites for hydroxylation is 1. The summed E-state index contributed by atoms with van der Waals surface area (Å²) in [7, 11) is 3.54. The average molecular weight is 423 g/mol. The summed E-state index contributed by atoms with van der Waals surface area (Å²) < 4.78 is 10.5. The van der Waals surface area contributed by atoms with Gasteiger partial charge in [0.2, 0.25) is 5.89 Å². The first-order chi connectivity index (χ1) is 9.97. The number of aliphatic imine (C=N–C) groups is 1. The van der Waals surface area contributed by atoms with Crippen LogP contribution in [-0.2, 0) is 11.2 Å². The molecule has 1 heterocycles. The molecule has 2 rings (SSSR count). The van der Waals surface area contributed by atoms with Crippen LogP contribution >= 0.6 is 24.0 Å². The maximum absolute atomic E-state index is 5.46. The number of halogens is 1. The quantitative estimate of drug-likeness (QED) is 0.425. The second-order valence-corrected chi connectivity index (χ2v) is 5.96. The molecule has 0 bridgehead atoms. The fourth-order valence-electron chi connectivity index (χ4n) is 2.62. The van der Waals surface area contributed by atoms with Gasteiger partial charge in [-0.1, -0.05) is 19.0 Å². The van der Waals surface area contributed by atoms with E-state index in [9.17, 15) is 0 Å². The molecule has 0 radical (unpaired) electrons. The van der Waals surface area contributed by atoms with E-state index in [2.05, 4.69) is 39.6 Å². The van der Waals surface area contributed by atoms with Crippen molar-refractivity contribution < 1.29 is 9.26 Å². The fourth-order valence-corrected chi connectivity index (χ4v) is 2.62. The van der Waals surface area contributed by atoms with Gasteiger partial charge in [0, 0.05) is 38.6 Å². The number of rotatable bonds is 5. The Hall–Kier alpha value is -0.900. The number of hydrogen-bond acceptors (Lipinski definition) is 5. The lowest BCUT2D eigenvalue weighted by Crippen LogP contribution is -2.63.